The lowest BCUT2D eigenvalue weighted by Gasteiger charge is -2.07. The van der Waals surface area contributed by atoms with Gasteiger partial charge < -0.3 is 4.90 Å². The molecule has 3 heteroatoms. The molecule has 0 saturated carbocycles. The highest BCUT2D eigenvalue weighted by atomic mass is 16.1. The number of Topliss-reactive ketones (excluding diaryl/α,β-unsaturated/α-hetero) is 1. The van der Waals surface area contributed by atoms with Crippen molar-refractivity contribution in [2.24, 2.45) is 0 Å². The van der Waals surface area contributed by atoms with E-state index in [-0.39, 0.29) is 11.4 Å². The summed E-state index contributed by atoms with van der Waals surface area (Å²) >= 11 is 0. The van der Waals surface area contributed by atoms with E-state index in [2.05, 4.69) is 0 Å². The van der Waals surface area contributed by atoms with Gasteiger partial charge in [0.1, 0.15) is 11.6 Å². The van der Waals surface area contributed by atoms with E-state index in [0.29, 0.717) is 5.56 Å². The molecular formula is C13H14N2O. The Hall–Kier alpha value is -2.08. The monoisotopic (exact) mass is 214 g/mol. The first-order chi connectivity index (χ1) is 7.56. The second-order valence-corrected chi connectivity index (χ2v) is 3.76. The predicted octanol–water partition coefficient (Wildman–Crippen LogP) is 2.15. The molecule has 0 aliphatic carbocycles. The first kappa shape index (κ1) is 12.0. The minimum absolute atomic E-state index is 0.152. The summed E-state index contributed by atoms with van der Waals surface area (Å²) in [5, 5.41) is 8.93. The summed E-state index contributed by atoms with van der Waals surface area (Å²) in [6.07, 6.45) is 1.54. The number of allylic oxidation sites excluding steroid dienone is 1. The summed E-state index contributed by atoms with van der Waals surface area (Å²) < 4.78 is 0. The molecule has 0 aliphatic rings. The van der Waals surface area contributed by atoms with Crippen molar-refractivity contribution in [3.05, 3.63) is 47.2 Å². The van der Waals surface area contributed by atoms with E-state index in [1.165, 1.54) is 6.20 Å². The van der Waals surface area contributed by atoms with E-state index >= 15 is 0 Å². The van der Waals surface area contributed by atoms with E-state index in [1.54, 1.807) is 31.1 Å². The fraction of sp³-hybridized carbons (Fsp3) is 0.231. The fourth-order valence-corrected chi connectivity index (χ4v) is 1.37. The van der Waals surface area contributed by atoms with Crippen molar-refractivity contribution in [2.45, 2.75) is 6.92 Å². The molecule has 3 nitrogen and oxygen atoms in total. The molecule has 16 heavy (non-hydrogen) atoms. The van der Waals surface area contributed by atoms with Crippen molar-refractivity contribution in [1.82, 2.24) is 4.90 Å². The number of rotatable bonds is 3. The Morgan fingerprint density at radius 3 is 2.50 bits per heavy atom. The van der Waals surface area contributed by atoms with Crippen molar-refractivity contribution in [3.63, 3.8) is 0 Å². The van der Waals surface area contributed by atoms with E-state index in [1.807, 2.05) is 25.1 Å². The average Bonchev–Trinajstić information content (AvgIpc) is 2.25. The van der Waals surface area contributed by atoms with Gasteiger partial charge in [0.05, 0.1) is 0 Å². The number of hydrogen-bond donors (Lipinski definition) is 0. The third kappa shape index (κ3) is 2.71. The Labute approximate surface area is 95.6 Å². The van der Waals surface area contributed by atoms with Crippen LogP contribution in [0, 0.1) is 18.3 Å². The van der Waals surface area contributed by atoms with Gasteiger partial charge in [-0.1, -0.05) is 24.3 Å². The van der Waals surface area contributed by atoms with Crippen LogP contribution in [0.15, 0.2) is 36.0 Å². The van der Waals surface area contributed by atoms with Crippen LogP contribution < -0.4 is 0 Å². The van der Waals surface area contributed by atoms with Crippen molar-refractivity contribution in [1.29, 1.82) is 5.26 Å². The Balaban J connectivity index is 3.12. The highest BCUT2D eigenvalue weighted by Gasteiger charge is 2.13. The molecule has 0 bridgehead atoms. The van der Waals surface area contributed by atoms with Crippen LogP contribution in [0.3, 0.4) is 0 Å². The zero-order valence-electron chi connectivity index (χ0n) is 9.69. The maximum Gasteiger partial charge on any atom is 0.205 e. The van der Waals surface area contributed by atoms with Gasteiger partial charge >= 0.3 is 0 Å². The minimum Gasteiger partial charge on any atom is -0.382 e. The summed E-state index contributed by atoms with van der Waals surface area (Å²) in [5.41, 5.74) is 1.61. The number of ketones is 1. The number of carbonyl (C=O) groups excluding carboxylic acids is 1. The number of aryl methyl sites for hydroxylation is 1. The Kier molecular flexibility index (Phi) is 3.84. The average molecular weight is 214 g/mol. The molecule has 0 N–H and O–H groups in total. The molecule has 0 unspecified atom stereocenters. The lowest BCUT2D eigenvalue weighted by Crippen LogP contribution is -2.09. The topological polar surface area (TPSA) is 44.1 Å². The van der Waals surface area contributed by atoms with Crippen molar-refractivity contribution in [3.8, 4) is 6.07 Å². The van der Waals surface area contributed by atoms with Crippen LogP contribution in [0.4, 0.5) is 0 Å². The molecular weight excluding hydrogens is 200 g/mol. The number of nitrogens with zero attached hydrogens (tertiary/aromatic N) is 2. The highest BCUT2D eigenvalue weighted by Crippen LogP contribution is 2.12. The first-order valence-corrected chi connectivity index (χ1v) is 4.95. The van der Waals surface area contributed by atoms with E-state index in [0.717, 1.165) is 5.56 Å². The van der Waals surface area contributed by atoms with Crippen molar-refractivity contribution >= 4 is 5.78 Å². The van der Waals surface area contributed by atoms with Gasteiger partial charge in [-0.25, -0.2) is 0 Å². The maximum absolute atomic E-state index is 12.0. The normalized spacial score (nSPS) is 10.8. The second kappa shape index (κ2) is 5.13. The van der Waals surface area contributed by atoms with Crippen LogP contribution >= 0.6 is 0 Å². The summed E-state index contributed by atoms with van der Waals surface area (Å²) in [4.78, 5) is 13.7. The molecule has 0 fully saturated rings. The second-order valence-electron chi connectivity index (χ2n) is 3.76. The standard InChI is InChI=1S/C13H14N2O/c1-10-6-4-5-7-12(10)13(16)11(8-14)9-15(2)3/h4-7,9H,1-3H3/b11-9-. The summed E-state index contributed by atoms with van der Waals surface area (Å²) in [6, 6.07) is 9.19. The molecule has 1 aromatic rings. The quantitative estimate of drug-likeness (QED) is 0.440. The minimum atomic E-state index is -0.227. The smallest absolute Gasteiger partial charge is 0.205 e. The van der Waals surface area contributed by atoms with Gasteiger partial charge in [-0.15, -0.1) is 0 Å². The number of hydrogen-bond acceptors (Lipinski definition) is 3. The fourth-order valence-electron chi connectivity index (χ4n) is 1.37. The third-order valence-corrected chi connectivity index (χ3v) is 2.14. The maximum atomic E-state index is 12.0. The Morgan fingerprint density at radius 1 is 1.38 bits per heavy atom. The number of benzene rings is 1. The molecule has 0 aliphatic heterocycles. The van der Waals surface area contributed by atoms with E-state index < -0.39 is 0 Å². The Bertz CT molecular complexity index is 467. The van der Waals surface area contributed by atoms with Gasteiger partial charge in [-0.2, -0.15) is 5.26 Å². The van der Waals surface area contributed by atoms with Gasteiger partial charge in [0, 0.05) is 25.9 Å². The molecule has 0 heterocycles. The molecule has 0 amide bonds. The largest absolute Gasteiger partial charge is 0.382 e. The zero-order valence-corrected chi connectivity index (χ0v) is 9.69. The van der Waals surface area contributed by atoms with Gasteiger partial charge in [-0.05, 0) is 12.5 Å². The predicted molar refractivity (Wildman–Crippen MR) is 62.9 cm³/mol. The van der Waals surface area contributed by atoms with Crippen LogP contribution in [0.2, 0.25) is 0 Å². The van der Waals surface area contributed by atoms with Gasteiger partial charge in [0.15, 0.2) is 0 Å². The summed E-state index contributed by atoms with van der Waals surface area (Å²) in [6.45, 7) is 1.86. The lowest BCUT2D eigenvalue weighted by molar-refractivity contribution is 0.103. The highest BCUT2D eigenvalue weighted by molar-refractivity contribution is 6.12. The van der Waals surface area contributed by atoms with Crippen LogP contribution in [-0.4, -0.2) is 24.8 Å². The van der Waals surface area contributed by atoms with Gasteiger partial charge in [0.2, 0.25) is 5.78 Å². The van der Waals surface area contributed by atoms with Crippen LogP contribution in [0.25, 0.3) is 0 Å². The van der Waals surface area contributed by atoms with Gasteiger partial charge in [-0.3, -0.25) is 4.79 Å². The summed E-state index contributed by atoms with van der Waals surface area (Å²) in [5.74, 6) is -0.227. The molecule has 0 spiro atoms. The molecule has 0 aromatic heterocycles. The molecule has 1 rings (SSSR count). The lowest BCUT2D eigenvalue weighted by atomic mass is 10.0. The third-order valence-electron chi connectivity index (χ3n) is 2.14. The summed E-state index contributed by atoms with van der Waals surface area (Å²) in [7, 11) is 3.56. The SMILES string of the molecule is Cc1ccccc1C(=O)/C(C#N)=C\N(C)C. The molecule has 0 atom stereocenters. The van der Waals surface area contributed by atoms with E-state index in [4.69, 9.17) is 5.26 Å². The van der Waals surface area contributed by atoms with Crippen molar-refractivity contribution in [2.75, 3.05) is 14.1 Å². The first-order valence-electron chi connectivity index (χ1n) is 4.95. The zero-order chi connectivity index (χ0) is 12.1. The number of carbonyl (C=O) groups is 1. The number of nitriles is 1. The van der Waals surface area contributed by atoms with Crippen molar-refractivity contribution < 1.29 is 4.79 Å². The molecule has 0 radical (unpaired) electrons. The molecule has 1 aromatic carbocycles. The molecule has 0 saturated heterocycles. The van der Waals surface area contributed by atoms with E-state index in [9.17, 15) is 4.79 Å². The van der Waals surface area contributed by atoms with Crippen LogP contribution in [0.1, 0.15) is 15.9 Å². The van der Waals surface area contributed by atoms with Crippen LogP contribution in [0.5, 0.6) is 0 Å². The van der Waals surface area contributed by atoms with Crippen LogP contribution in [-0.2, 0) is 0 Å². The Morgan fingerprint density at radius 2 is 2.00 bits per heavy atom. The van der Waals surface area contributed by atoms with Gasteiger partial charge in [0.25, 0.3) is 0 Å². The molecule has 82 valence electrons.